The summed E-state index contributed by atoms with van der Waals surface area (Å²) in [6, 6.07) is 7.16. The first-order valence-corrected chi connectivity index (χ1v) is 17.4. The second kappa shape index (κ2) is 11.4. The van der Waals surface area contributed by atoms with E-state index in [0.29, 0.717) is 34.9 Å². The van der Waals surface area contributed by atoms with Crippen molar-refractivity contribution in [2.24, 2.45) is 23.2 Å². The largest absolute Gasteiger partial charge is 0.543 e. The Morgan fingerprint density at radius 2 is 1.76 bits per heavy atom. The summed E-state index contributed by atoms with van der Waals surface area (Å²) in [7, 11) is -0.495. The van der Waals surface area contributed by atoms with Crippen molar-refractivity contribution in [3.05, 3.63) is 53.1 Å². The summed E-state index contributed by atoms with van der Waals surface area (Å²) < 4.78 is 11.9. The molecule has 0 amide bonds. The van der Waals surface area contributed by atoms with Gasteiger partial charge in [0.25, 0.3) is 8.32 Å². The molecule has 1 saturated carbocycles. The Balaban J connectivity index is 1.52. The van der Waals surface area contributed by atoms with Crippen molar-refractivity contribution in [3.63, 3.8) is 0 Å². The van der Waals surface area contributed by atoms with Crippen molar-refractivity contribution in [2.45, 2.75) is 116 Å². The van der Waals surface area contributed by atoms with Crippen LogP contribution in [0.4, 0.5) is 0 Å². The van der Waals surface area contributed by atoms with Crippen molar-refractivity contribution >= 4 is 14.3 Å². The van der Waals surface area contributed by atoms with Crippen molar-refractivity contribution in [3.8, 4) is 5.75 Å². The molecule has 0 radical (unpaired) electrons. The van der Waals surface area contributed by atoms with Crippen LogP contribution in [0.1, 0.15) is 105 Å². The van der Waals surface area contributed by atoms with E-state index < -0.39 is 8.32 Å². The van der Waals surface area contributed by atoms with Gasteiger partial charge in [-0.25, -0.2) is 0 Å². The lowest BCUT2D eigenvalue weighted by Gasteiger charge is -2.51. The van der Waals surface area contributed by atoms with E-state index in [-0.39, 0.29) is 11.4 Å². The Bertz CT molecular complexity index is 1050. The summed E-state index contributed by atoms with van der Waals surface area (Å²) in [6.45, 7) is 19.0. The zero-order valence-corrected chi connectivity index (χ0v) is 26.5. The monoisotopic (exact) mass is 536 g/mol. The number of carbonyl (C=O) groups is 1. The molecule has 3 aliphatic rings. The van der Waals surface area contributed by atoms with E-state index in [0.717, 1.165) is 17.6 Å². The van der Waals surface area contributed by atoms with Crippen molar-refractivity contribution in [1.29, 1.82) is 0 Å². The van der Waals surface area contributed by atoms with Crippen LogP contribution >= 0.6 is 0 Å². The highest BCUT2D eigenvalue weighted by Crippen LogP contribution is 2.62. The third-order valence-corrected chi connectivity index (χ3v) is 16.8. The highest BCUT2D eigenvalue weighted by Gasteiger charge is 2.52. The van der Waals surface area contributed by atoms with Gasteiger partial charge in [-0.1, -0.05) is 85.3 Å². The van der Waals surface area contributed by atoms with Crippen LogP contribution in [0.3, 0.4) is 0 Å². The maximum absolute atomic E-state index is 11.5. The molecular weight excluding hydrogens is 484 g/mol. The van der Waals surface area contributed by atoms with Crippen LogP contribution in [0.2, 0.25) is 16.6 Å². The Morgan fingerprint density at radius 1 is 1.08 bits per heavy atom. The molecule has 0 saturated heterocycles. The maximum Gasteiger partial charge on any atom is 0.309 e. The number of rotatable bonds is 9. The average Bonchev–Trinajstić information content (AvgIpc) is 3.23. The number of ether oxygens (including phenoxy) is 1. The molecule has 1 aromatic carbocycles. The molecule has 0 aliphatic heterocycles. The number of allylic oxidation sites excluding steroid dienone is 3. The lowest BCUT2D eigenvalue weighted by atomic mass is 9.53. The SMILES string of the molecule is COC(=O)CC=C[C@@H](C)C1=CC[C@H]2[C@@H]3CCc4cc(O[Si](C(C)C)(C(C)C)C(C)C)ccc4[C@H]3CC[C@]12C. The first kappa shape index (κ1) is 29.2. The van der Waals surface area contributed by atoms with E-state index in [2.05, 4.69) is 85.7 Å². The quantitative estimate of drug-likeness (QED) is 0.179. The molecule has 0 unspecified atom stereocenters. The number of carbonyl (C=O) groups excluding carboxylic acids is 1. The van der Waals surface area contributed by atoms with Gasteiger partial charge >= 0.3 is 5.97 Å². The molecule has 0 bridgehead atoms. The van der Waals surface area contributed by atoms with E-state index in [1.807, 2.05) is 6.08 Å². The van der Waals surface area contributed by atoms with Gasteiger partial charge in [-0.3, -0.25) is 4.79 Å². The third kappa shape index (κ3) is 5.07. The van der Waals surface area contributed by atoms with Crippen molar-refractivity contribution < 1.29 is 14.0 Å². The van der Waals surface area contributed by atoms with Gasteiger partial charge < -0.3 is 9.16 Å². The fraction of sp³-hybridized carbons (Fsp3) is 0.676. The molecule has 4 heteroatoms. The number of esters is 1. The minimum Gasteiger partial charge on any atom is -0.543 e. The number of hydrogen-bond acceptors (Lipinski definition) is 3. The van der Waals surface area contributed by atoms with Crippen LogP contribution < -0.4 is 4.43 Å². The topological polar surface area (TPSA) is 35.5 Å². The van der Waals surface area contributed by atoms with E-state index in [4.69, 9.17) is 9.16 Å². The lowest BCUT2D eigenvalue weighted by molar-refractivity contribution is -0.139. The Kier molecular flexibility index (Phi) is 8.72. The molecule has 0 aromatic heterocycles. The van der Waals surface area contributed by atoms with Crippen LogP contribution in [0.25, 0.3) is 0 Å². The summed E-state index contributed by atoms with van der Waals surface area (Å²) in [4.78, 5) is 11.5. The molecule has 38 heavy (non-hydrogen) atoms. The summed E-state index contributed by atoms with van der Waals surface area (Å²) in [5.41, 5.74) is 6.75. The van der Waals surface area contributed by atoms with Gasteiger partial charge in [0.1, 0.15) is 5.75 Å². The zero-order valence-electron chi connectivity index (χ0n) is 25.5. The average molecular weight is 537 g/mol. The molecule has 0 heterocycles. The van der Waals surface area contributed by atoms with Crippen molar-refractivity contribution in [2.75, 3.05) is 7.11 Å². The smallest absolute Gasteiger partial charge is 0.309 e. The molecule has 3 nitrogen and oxygen atoms in total. The first-order valence-electron chi connectivity index (χ1n) is 15.2. The van der Waals surface area contributed by atoms with Crippen LogP contribution in [0.5, 0.6) is 5.75 Å². The highest BCUT2D eigenvalue weighted by molar-refractivity contribution is 6.78. The van der Waals surface area contributed by atoms with E-state index in [1.165, 1.54) is 44.8 Å². The predicted octanol–water partition coefficient (Wildman–Crippen LogP) is 9.39. The van der Waals surface area contributed by atoms with Gasteiger partial charge in [0.15, 0.2) is 0 Å². The van der Waals surface area contributed by atoms with Crippen LogP contribution in [-0.2, 0) is 16.0 Å². The second-order valence-electron chi connectivity index (χ2n) is 13.5. The summed E-state index contributed by atoms with van der Waals surface area (Å²) in [5.74, 6) is 3.46. The zero-order chi connectivity index (χ0) is 27.8. The number of hydrogen-bond donors (Lipinski definition) is 0. The molecule has 0 N–H and O–H groups in total. The minimum atomic E-state index is -1.95. The lowest BCUT2D eigenvalue weighted by Crippen LogP contribution is -2.50. The van der Waals surface area contributed by atoms with Crippen molar-refractivity contribution in [1.82, 2.24) is 0 Å². The fourth-order valence-corrected chi connectivity index (χ4v) is 14.3. The fourth-order valence-electron chi connectivity index (χ4n) is 9.04. The Labute approximate surface area is 233 Å². The van der Waals surface area contributed by atoms with Crippen LogP contribution in [0, 0.1) is 23.2 Å². The molecule has 210 valence electrons. The van der Waals surface area contributed by atoms with Crippen LogP contribution in [0.15, 0.2) is 42.0 Å². The van der Waals surface area contributed by atoms with E-state index in [9.17, 15) is 4.79 Å². The Morgan fingerprint density at radius 3 is 2.39 bits per heavy atom. The van der Waals surface area contributed by atoms with Gasteiger partial charge in [0, 0.05) is 0 Å². The predicted molar refractivity (Wildman–Crippen MR) is 161 cm³/mol. The summed E-state index contributed by atoms with van der Waals surface area (Å²) in [6.07, 6.45) is 13.3. The number of fused-ring (bicyclic) bond motifs is 5. The van der Waals surface area contributed by atoms with Gasteiger partial charge in [0.2, 0.25) is 0 Å². The van der Waals surface area contributed by atoms with E-state index >= 15 is 0 Å². The summed E-state index contributed by atoms with van der Waals surface area (Å²) in [5, 5.41) is 0. The molecule has 1 aromatic rings. The molecule has 4 rings (SSSR count). The van der Waals surface area contributed by atoms with Gasteiger partial charge in [0.05, 0.1) is 13.5 Å². The maximum atomic E-state index is 11.5. The summed E-state index contributed by atoms with van der Waals surface area (Å²) >= 11 is 0. The normalized spacial score (nSPS) is 27.8. The third-order valence-electron chi connectivity index (χ3n) is 10.8. The molecule has 3 aliphatic carbocycles. The van der Waals surface area contributed by atoms with E-state index in [1.54, 1.807) is 11.1 Å². The van der Waals surface area contributed by atoms with Crippen LogP contribution in [-0.4, -0.2) is 21.4 Å². The highest BCUT2D eigenvalue weighted by atomic mass is 28.4. The minimum absolute atomic E-state index is 0.168. The second-order valence-corrected chi connectivity index (χ2v) is 18.9. The molecular formula is C34H52O3Si. The molecule has 5 atom stereocenters. The number of benzene rings is 1. The Hall–Kier alpha value is -1.81. The van der Waals surface area contributed by atoms with Gasteiger partial charge in [-0.05, 0) is 101 Å². The number of aryl methyl sites for hydroxylation is 1. The van der Waals surface area contributed by atoms with Gasteiger partial charge in [-0.15, -0.1) is 0 Å². The standard InChI is InChI=1S/C34H52O3Si/c1-22(2)38(23(3)4,24(5)6)37-27-14-16-28-26(21-27)13-15-30-29(28)19-20-34(8)31(17-18-32(30)34)25(7)11-10-12-33(35)36-9/h10-11,14,16-17,21-25,29-30,32H,12-13,15,18-20H2,1-9H3/t25-,29-,30-,32+,34-/m1/s1. The molecule has 1 fully saturated rings. The molecule has 0 spiro atoms. The first-order chi connectivity index (χ1) is 18.0. The number of methoxy groups -OCH3 is 1. The van der Waals surface area contributed by atoms with Gasteiger partial charge in [-0.2, -0.15) is 0 Å².